The highest BCUT2D eigenvalue weighted by Crippen LogP contribution is 2.19. The Balaban J connectivity index is 2.02. The quantitative estimate of drug-likeness (QED) is 0.839. The van der Waals surface area contributed by atoms with Gasteiger partial charge in [0.05, 0.1) is 17.3 Å². The number of halogens is 1. The second-order valence-electron chi connectivity index (χ2n) is 3.34. The first-order chi connectivity index (χ1) is 8.16. The number of carbonyl (C=O) groups is 1. The van der Waals surface area contributed by atoms with Crippen molar-refractivity contribution >= 4 is 34.5 Å². The molecule has 0 unspecified atom stereocenters. The zero-order valence-corrected chi connectivity index (χ0v) is 10.4. The third-order valence-corrected chi connectivity index (χ3v) is 3.27. The lowest BCUT2D eigenvalue weighted by atomic mass is 10.2. The smallest absolute Gasteiger partial charge is 0.251 e. The third-order valence-electron chi connectivity index (χ3n) is 2.14. The average molecular weight is 268 g/mol. The molecule has 1 heterocycles. The fraction of sp³-hybridized carbons (Fsp3) is 0.0909. The monoisotopic (exact) mass is 267 g/mol. The van der Waals surface area contributed by atoms with Gasteiger partial charge in [-0.25, -0.2) is 4.98 Å². The summed E-state index contributed by atoms with van der Waals surface area (Å²) in [5, 5.41) is 5.93. The maximum Gasteiger partial charge on any atom is 0.251 e. The molecule has 0 atom stereocenters. The number of nitrogen functional groups attached to an aromatic ring is 1. The number of thiazole rings is 1. The molecule has 1 amide bonds. The first kappa shape index (κ1) is 11.9. The first-order valence-electron chi connectivity index (χ1n) is 4.88. The van der Waals surface area contributed by atoms with Crippen molar-refractivity contribution in [1.82, 2.24) is 10.3 Å². The standard InChI is InChI=1S/C11H10ClN3OS/c12-8-2-1-7(5-9(8)13)11(16)15-6-10-14-3-4-17-10/h1-5H,6,13H2,(H,15,16). The van der Waals surface area contributed by atoms with Gasteiger partial charge in [-0.05, 0) is 18.2 Å². The largest absolute Gasteiger partial charge is 0.398 e. The molecule has 17 heavy (non-hydrogen) atoms. The Morgan fingerprint density at radius 2 is 2.35 bits per heavy atom. The van der Waals surface area contributed by atoms with Crippen LogP contribution in [-0.2, 0) is 6.54 Å². The van der Waals surface area contributed by atoms with E-state index in [1.54, 1.807) is 24.4 Å². The summed E-state index contributed by atoms with van der Waals surface area (Å²) in [6, 6.07) is 4.80. The van der Waals surface area contributed by atoms with Crippen LogP contribution >= 0.6 is 22.9 Å². The van der Waals surface area contributed by atoms with Gasteiger partial charge < -0.3 is 11.1 Å². The van der Waals surface area contributed by atoms with Crippen LogP contribution in [0.25, 0.3) is 0 Å². The molecule has 0 aliphatic carbocycles. The van der Waals surface area contributed by atoms with Crippen molar-refractivity contribution in [3.63, 3.8) is 0 Å². The molecule has 2 aromatic rings. The summed E-state index contributed by atoms with van der Waals surface area (Å²) in [5.74, 6) is -0.191. The first-order valence-corrected chi connectivity index (χ1v) is 6.14. The maximum atomic E-state index is 11.8. The molecule has 0 aliphatic rings. The molecular formula is C11H10ClN3OS. The summed E-state index contributed by atoms with van der Waals surface area (Å²) in [6.45, 7) is 0.416. The number of rotatable bonds is 3. The van der Waals surface area contributed by atoms with Crippen molar-refractivity contribution in [3.8, 4) is 0 Å². The van der Waals surface area contributed by atoms with Gasteiger partial charge in [0.25, 0.3) is 5.91 Å². The molecule has 0 spiro atoms. The molecule has 1 aromatic heterocycles. The summed E-state index contributed by atoms with van der Waals surface area (Å²) in [7, 11) is 0. The van der Waals surface area contributed by atoms with Gasteiger partial charge in [-0.3, -0.25) is 4.79 Å². The van der Waals surface area contributed by atoms with E-state index >= 15 is 0 Å². The molecule has 88 valence electrons. The minimum atomic E-state index is -0.191. The van der Waals surface area contributed by atoms with Gasteiger partial charge in [0.15, 0.2) is 0 Å². The van der Waals surface area contributed by atoms with Crippen LogP contribution in [0, 0.1) is 0 Å². The van der Waals surface area contributed by atoms with Crippen LogP contribution < -0.4 is 11.1 Å². The van der Waals surface area contributed by atoms with E-state index in [2.05, 4.69) is 10.3 Å². The normalized spacial score (nSPS) is 10.2. The molecule has 6 heteroatoms. The third kappa shape index (κ3) is 2.95. The molecule has 0 fully saturated rings. The topological polar surface area (TPSA) is 68.0 Å². The lowest BCUT2D eigenvalue weighted by molar-refractivity contribution is 0.0951. The molecule has 3 N–H and O–H groups in total. The molecule has 0 saturated carbocycles. The van der Waals surface area contributed by atoms with E-state index in [0.29, 0.717) is 22.8 Å². The number of aromatic nitrogens is 1. The summed E-state index contributed by atoms with van der Waals surface area (Å²) < 4.78 is 0. The number of benzene rings is 1. The highest BCUT2D eigenvalue weighted by molar-refractivity contribution is 7.09. The molecule has 1 aromatic carbocycles. The van der Waals surface area contributed by atoms with Crippen LogP contribution in [0.2, 0.25) is 5.02 Å². The Morgan fingerprint density at radius 3 is 3.00 bits per heavy atom. The van der Waals surface area contributed by atoms with E-state index in [0.717, 1.165) is 5.01 Å². The number of hydrogen-bond donors (Lipinski definition) is 2. The Bertz CT molecular complexity index is 528. The van der Waals surface area contributed by atoms with E-state index in [-0.39, 0.29) is 5.91 Å². The van der Waals surface area contributed by atoms with Crippen molar-refractivity contribution in [3.05, 3.63) is 45.4 Å². The van der Waals surface area contributed by atoms with E-state index < -0.39 is 0 Å². The summed E-state index contributed by atoms with van der Waals surface area (Å²) in [4.78, 5) is 15.8. The number of anilines is 1. The number of carbonyl (C=O) groups excluding carboxylic acids is 1. The minimum Gasteiger partial charge on any atom is -0.398 e. The van der Waals surface area contributed by atoms with Crippen LogP contribution in [0.5, 0.6) is 0 Å². The fourth-order valence-electron chi connectivity index (χ4n) is 1.28. The number of nitrogens with zero attached hydrogens (tertiary/aromatic N) is 1. The molecule has 4 nitrogen and oxygen atoms in total. The van der Waals surface area contributed by atoms with Crippen LogP contribution in [0.4, 0.5) is 5.69 Å². The molecule has 0 saturated heterocycles. The predicted molar refractivity (Wildman–Crippen MR) is 69.1 cm³/mol. The van der Waals surface area contributed by atoms with Gasteiger partial charge in [0.2, 0.25) is 0 Å². The number of amides is 1. The molecule has 0 bridgehead atoms. The van der Waals surface area contributed by atoms with E-state index in [1.807, 2.05) is 5.38 Å². The van der Waals surface area contributed by atoms with Gasteiger partial charge in [0, 0.05) is 17.1 Å². The highest BCUT2D eigenvalue weighted by atomic mass is 35.5. The summed E-state index contributed by atoms with van der Waals surface area (Å²) >= 11 is 7.27. The van der Waals surface area contributed by atoms with Crippen molar-refractivity contribution in [2.24, 2.45) is 0 Å². The van der Waals surface area contributed by atoms with E-state index in [9.17, 15) is 4.79 Å². The zero-order valence-electron chi connectivity index (χ0n) is 8.81. The predicted octanol–water partition coefficient (Wildman–Crippen LogP) is 2.31. The highest BCUT2D eigenvalue weighted by Gasteiger charge is 2.07. The Kier molecular flexibility index (Phi) is 3.61. The number of hydrogen-bond acceptors (Lipinski definition) is 4. The Labute approximate surface area is 107 Å². The lowest BCUT2D eigenvalue weighted by Gasteiger charge is -2.04. The SMILES string of the molecule is Nc1cc(C(=O)NCc2nccs2)ccc1Cl. The summed E-state index contributed by atoms with van der Waals surface area (Å²) in [5.41, 5.74) is 6.51. The molecule has 0 aliphatic heterocycles. The van der Waals surface area contributed by atoms with Gasteiger partial charge in [-0.1, -0.05) is 11.6 Å². The second-order valence-corrected chi connectivity index (χ2v) is 4.73. The Morgan fingerprint density at radius 1 is 1.53 bits per heavy atom. The van der Waals surface area contributed by atoms with Crippen LogP contribution in [-0.4, -0.2) is 10.9 Å². The van der Waals surface area contributed by atoms with Crippen LogP contribution in [0.1, 0.15) is 15.4 Å². The Hall–Kier alpha value is -1.59. The van der Waals surface area contributed by atoms with Crippen molar-refractivity contribution in [2.45, 2.75) is 6.54 Å². The molecule has 0 radical (unpaired) electrons. The minimum absolute atomic E-state index is 0.191. The maximum absolute atomic E-state index is 11.8. The van der Waals surface area contributed by atoms with Gasteiger partial charge >= 0.3 is 0 Å². The van der Waals surface area contributed by atoms with Crippen LogP contribution in [0.3, 0.4) is 0 Å². The van der Waals surface area contributed by atoms with Crippen LogP contribution in [0.15, 0.2) is 29.8 Å². The summed E-state index contributed by atoms with van der Waals surface area (Å²) in [6.07, 6.45) is 1.70. The van der Waals surface area contributed by atoms with Gasteiger partial charge in [-0.2, -0.15) is 0 Å². The molecular weight excluding hydrogens is 258 g/mol. The van der Waals surface area contributed by atoms with Crippen molar-refractivity contribution in [1.29, 1.82) is 0 Å². The zero-order chi connectivity index (χ0) is 12.3. The second kappa shape index (κ2) is 5.16. The lowest BCUT2D eigenvalue weighted by Crippen LogP contribution is -2.22. The van der Waals surface area contributed by atoms with Crippen molar-refractivity contribution < 1.29 is 4.79 Å². The molecule has 2 rings (SSSR count). The fourth-order valence-corrected chi connectivity index (χ4v) is 1.96. The average Bonchev–Trinajstić information content (AvgIpc) is 2.82. The van der Waals surface area contributed by atoms with Crippen molar-refractivity contribution in [2.75, 3.05) is 5.73 Å². The number of nitrogens with two attached hydrogens (primary N) is 1. The number of nitrogens with one attached hydrogen (secondary N) is 1. The van der Waals surface area contributed by atoms with E-state index in [4.69, 9.17) is 17.3 Å². The van der Waals surface area contributed by atoms with Gasteiger partial charge in [0.1, 0.15) is 5.01 Å². The van der Waals surface area contributed by atoms with Gasteiger partial charge in [-0.15, -0.1) is 11.3 Å². The van der Waals surface area contributed by atoms with E-state index in [1.165, 1.54) is 11.3 Å².